The van der Waals surface area contributed by atoms with E-state index in [-0.39, 0.29) is 57.0 Å². The van der Waals surface area contributed by atoms with Crippen LogP contribution in [0.1, 0.15) is 13.8 Å². The number of carbonyl (C=O) groups is 1. The monoisotopic (exact) mass is 191 g/mol. The number of allylic oxidation sites excluding steroid dienone is 1. The quantitative estimate of drug-likeness (QED) is 0.259. The standard InChI is InChI=1S/C4H5N.C4H6O2.K/c1-4(2)3-5;1-3(2)4(5)6;/h1H2,2H3;1H2,2H3,(H,5,6);/q;;+1/p-1. The largest absolute Gasteiger partial charge is 1.00 e. The molecule has 0 aliphatic rings. The van der Waals surface area contributed by atoms with Gasteiger partial charge in [-0.1, -0.05) is 13.2 Å². The van der Waals surface area contributed by atoms with E-state index >= 15 is 0 Å². The van der Waals surface area contributed by atoms with Gasteiger partial charge in [0, 0.05) is 5.57 Å². The summed E-state index contributed by atoms with van der Waals surface area (Å²) in [5, 5.41) is 17.3. The third-order valence-corrected chi connectivity index (χ3v) is 0.539. The number of nitriles is 1. The summed E-state index contributed by atoms with van der Waals surface area (Å²) in [6, 6.07) is 1.83. The van der Waals surface area contributed by atoms with Crippen molar-refractivity contribution in [3.63, 3.8) is 0 Å². The molecule has 0 unspecified atom stereocenters. The molecule has 12 heavy (non-hydrogen) atoms. The fraction of sp³-hybridized carbons (Fsp3) is 0.250. The molecule has 0 N–H and O–H groups in total. The molecule has 0 heterocycles. The van der Waals surface area contributed by atoms with Crippen molar-refractivity contribution in [2.24, 2.45) is 0 Å². The van der Waals surface area contributed by atoms with Gasteiger partial charge in [-0.05, 0) is 19.4 Å². The van der Waals surface area contributed by atoms with Crippen molar-refractivity contribution < 1.29 is 61.3 Å². The molecule has 0 aliphatic heterocycles. The van der Waals surface area contributed by atoms with Gasteiger partial charge in [-0.2, -0.15) is 5.26 Å². The van der Waals surface area contributed by atoms with Crippen LogP contribution in [-0.2, 0) is 4.79 Å². The Kier molecular flexibility index (Phi) is 16.6. The Morgan fingerprint density at radius 1 is 1.42 bits per heavy atom. The molecule has 0 saturated heterocycles. The van der Waals surface area contributed by atoms with E-state index in [0.29, 0.717) is 5.57 Å². The van der Waals surface area contributed by atoms with E-state index in [0.717, 1.165) is 0 Å². The molecule has 60 valence electrons. The summed E-state index contributed by atoms with van der Waals surface area (Å²) in [5.41, 5.74) is 0.625. The van der Waals surface area contributed by atoms with Crippen LogP contribution in [0.4, 0.5) is 0 Å². The average molecular weight is 191 g/mol. The molecular weight excluding hydrogens is 181 g/mol. The Labute approximate surface area is 115 Å². The van der Waals surface area contributed by atoms with E-state index in [1.807, 2.05) is 6.07 Å². The molecule has 0 saturated carbocycles. The first-order chi connectivity index (χ1) is 4.91. The first-order valence-corrected chi connectivity index (χ1v) is 2.84. The zero-order valence-electron chi connectivity index (χ0n) is 7.68. The summed E-state index contributed by atoms with van der Waals surface area (Å²) in [6.45, 7) is 9.46. The van der Waals surface area contributed by atoms with Gasteiger partial charge in [-0.25, -0.2) is 0 Å². The first kappa shape index (κ1) is 18.0. The SMILES string of the molecule is C=C(C)C#N.C=C(C)C(=O)[O-].[K+]. The van der Waals surface area contributed by atoms with Crippen LogP contribution >= 0.6 is 0 Å². The van der Waals surface area contributed by atoms with Crippen LogP contribution in [0.3, 0.4) is 0 Å². The summed E-state index contributed by atoms with van der Waals surface area (Å²) in [6.07, 6.45) is 0. The second kappa shape index (κ2) is 11.1. The Balaban J connectivity index is -0.000000126. The maximum absolute atomic E-state index is 9.49. The molecule has 0 amide bonds. The molecule has 0 radical (unpaired) electrons. The molecule has 0 aromatic carbocycles. The van der Waals surface area contributed by atoms with Crippen molar-refractivity contribution >= 4 is 5.97 Å². The molecule has 4 heteroatoms. The third kappa shape index (κ3) is 22.5. The predicted octanol–water partition coefficient (Wildman–Crippen LogP) is -2.60. The molecule has 0 bridgehead atoms. The van der Waals surface area contributed by atoms with Crippen LogP contribution in [0.5, 0.6) is 0 Å². The van der Waals surface area contributed by atoms with Crippen molar-refractivity contribution in [3.05, 3.63) is 24.3 Å². The number of carbonyl (C=O) groups excluding carboxylic acids is 1. The van der Waals surface area contributed by atoms with Gasteiger partial charge in [0.1, 0.15) is 0 Å². The fourth-order valence-electron chi connectivity index (χ4n) is 0. The summed E-state index contributed by atoms with van der Waals surface area (Å²) >= 11 is 0. The normalized spacial score (nSPS) is 6.08. The molecule has 0 spiro atoms. The van der Waals surface area contributed by atoms with Crippen LogP contribution in [0.15, 0.2) is 24.3 Å². The van der Waals surface area contributed by atoms with Crippen molar-refractivity contribution in [2.45, 2.75) is 13.8 Å². The molecular formula is C8H10KNO2. The number of carboxylic acids is 1. The van der Waals surface area contributed by atoms with Crippen LogP contribution < -0.4 is 56.5 Å². The zero-order valence-corrected chi connectivity index (χ0v) is 10.8. The smallest absolute Gasteiger partial charge is 0.545 e. The number of hydrogen-bond donors (Lipinski definition) is 0. The van der Waals surface area contributed by atoms with Gasteiger partial charge in [0.25, 0.3) is 0 Å². The van der Waals surface area contributed by atoms with Crippen molar-refractivity contribution in [1.29, 1.82) is 5.26 Å². The van der Waals surface area contributed by atoms with E-state index in [1.54, 1.807) is 6.92 Å². The number of carboxylic acid groups (broad SMARTS) is 1. The molecule has 0 aromatic rings. The van der Waals surface area contributed by atoms with E-state index in [1.165, 1.54) is 6.92 Å². The number of aliphatic carboxylic acids is 1. The molecule has 0 aliphatic carbocycles. The Hall–Kier alpha value is 0.0764. The van der Waals surface area contributed by atoms with Gasteiger partial charge in [-0.15, -0.1) is 0 Å². The summed E-state index contributed by atoms with van der Waals surface area (Å²) in [4.78, 5) is 9.49. The van der Waals surface area contributed by atoms with Crippen molar-refractivity contribution in [3.8, 4) is 6.07 Å². The van der Waals surface area contributed by atoms with Crippen molar-refractivity contribution in [1.82, 2.24) is 0 Å². The summed E-state index contributed by atoms with van der Waals surface area (Å²) in [7, 11) is 0. The van der Waals surface area contributed by atoms with E-state index in [2.05, 4.69) is 13.2 Å². The third-order valence-electron chi connectivity index (χ3n) is 0.539. The minimum absolute atomic E-state index is 0. The average Bonchev–Trinajstić information content (AvgIpc) is 1.89. The van der Waals surface area contributed by atoms with Crippen LogP contribution in [0.25, 0.3) is 0 Å². The van der Waals surface area contributed by atoms with E-state index in [9.17, 15) is 9.90 Å². The molecule has 0 rings (SSSR count). The minimum Gasteiger partial charge on any atom is -0.545 e. The summed E-state index contributed by atoms with van der Waals surface area (Å²) in [5.74, 6) is -1.19. The Bertz CT molecular complexity index is 204. The topological polar surface area (TPSA) is 63.9 Å². The predicted molar refractivity (Wildman–Crippen MR) is 40.2 cm³/mol. The molecule has 0 aromatic heterocycles. The zero-order chi connectivity index (χ0) is 9.44. The Morgan fingerprint density at radius 3 is 1.58 bits per heavy atom. The molecule has 0 fully saturated rings. The van der Waals surface area contributed by atoms with E-state index < -0.39 is 5.97 Å². The number of rotatable bonds is 1. The van der Waals surface area contributed by atoms with Gasteiger partial charge in [0.2, 0.25) is 0 Å². The molecule has 0 atom stereocenters. The van der Waals surface area contributed by atoms with Gasteiger partial charge in [0.15, 0.2) is 0 Å². The van der Waals surface area contributed by atoms with Gasteiger partial charge in [-0.3, -0.25) is 0 Å². The van der Waals surface area contributed by atoms with Gasteiger partial charge >= 0.3 is 51.4 Å². The van der Waals surface area contributed by atoms with Gasteiger partial charge < -0.3 is 9.90 Å². The molecule has 3 nitrogen and oxygen atoms in total. The summed E-state index contributed by atoms with van der Waals surface area (Å²) < 4.78 is 0. The first-order valence-electron chi connectivity index (χ1n) is 2.84. The second-order valence-corrected chi connectivity index (χ2v) is 1.96. The number of hydrogen-bond acceptors (Lipinski definition) is 3. The van der Waals surface area contributed by atoms with Crippen LogP contribution in [-0.4, -0.2) is 5.97 Å². The van der Waals surface area contributed by atoms with Crippen molar-refractivity contribution in [2.75, 3.05) is 0 Å². The second-order valence-electron chi connectivity index (χ2n) is 1.96. The Morgan fingerprint density at radius 2 is 1.58 bits per heavy atom. The fourth-order valence-corrected chi connectivity index (χ4v) is 0. The van der Waals surface area contributed by atoms with E-state index in [4.69, 9.17) is 5.26 Å². The van der Waals surface area contributed by atoms with Crippen LogP contribution in [0.2, 0.25) is 0 Å². The maximum atomic E-state index is 9.49. The minimum atomic E-state index is -1.19. The maximum Gasteiger partial charge on any atom is 1.00 e. The number of nitrogens with zero attached hydrogens (tertiary/aromatic N) is 1. The van der Waals surface area contributed by atoms with Crippen LogP contribution in [0, 0.1) is 11.3 Å². The van der Waals surface area contributed by atoms with Gasteiger partial charge in [0.05, 0.1) is 12.0 Å².